The van der Waals surface area contributed by atoms with Crippen LogP contribution in [0.3, 0.4) is 0 Å². The van der Waals surface area contributed by atoms with Crippen LogP contribution in [0.15, 0.2) is 47.3 Å². The molecule has 0 spiro atoms. The van der Waals surface area contributed by atoms with Crippen LogP contribution in [0, 0.1) is 6.92 Å². The summed E-state index contributed by atoms with van der Waals surface area (Å²) < 4.78 is 6.92. The second-order valence-electron chi connectivity index (χ2n) is 5.64. The van der Waals surface area contributed by atoms with E-state index in [4.69, 9.17) is 4.42 Å². The van der Waals surface area contributed by atoms with Crippen molar-refractivity contribution in [1.82, 2.24) is 19.7 Å². The van der Waals surface area contributed by atoms with Crippen molar-refractivity contribution in [2.75, 3.05) is 12.4 Å². The highest BCUT2D eigenvalue weighted by molar-refractivity contribution is 5.89. The number of amides is 2. The first-order valence-corrected chi connectivity index (χ1v) is 7.53. The van der Waals surface area contributed by atoms with Crippen molar-refractivity contribution in [2.24, 2.45) is 7.05 Å². The van der Waals surface area contributed by atoms with Gasteiger partial charge in [0.1, 0.15) is 12.0 Å². The predicted octanol–water partition coefficient (Wildman–Crippen LogP) is 3.05. The van der Waals surface area contributed by atoms with Gasteiger partial charge in [-0.25, -0.2) is 9.78 Å². The molecule has 0 fully saturated rings. The second kappa shape index (κ2) is 6.57. The van der Waals surface area contributed by atoms with Gasteiger partial charge < -0.3 is 14.6 Å². The Hall–Kier alpha value is -3.09. The third kappa shape index (κ3) is 3.62. The quantitative estimate of drug-likeness (QED) is 0.800. The number of aryl methyl sites for hydroxylation is 2. The Morgan fingerprint density at radius 2 is 2.08 bits per heavy atom. The normalized spacial score (nSPS) is 10.6. The van der Waals surface area contributed by atoms with Gasteiger partial charge in [-0.3, -0.25) is 4.68 Å². The van der Waals surface area contributed by atoms with Crippen LogP contribution in [-0.4, -0.2) is 32.7 Å². The summed E-state index contributed by atoms with van der Waals surface area (Å²) in [5.74, 6) is 0.624. The molecule has 0 saturated heterocycles. The number of hydrogen-bond acceptors (Lipinski definition) is 4. The molecule has 2 heterocycles. The molecule has 0 radical (unpaired) electrons. The van der Waals surface area contributed by atoms with E-state index in [0.29, 0.717) is 12.4 Å². The van der Waals surface area contributed by atoms with Crippen LogP contribution in [-0.2, 0) is 13.6 Å². The van der Waals surface area contributed by atoms with E-state index in [9.17, 15) is 4.79 Å². The summed E-state index contributed by atoms with van der Waals surface area (Å²) in [6.45, 7) is 2.30. The molecule has 7 heteroatoms. The molecular weight excluding hydrogens is 306 g/mol. The SMILES string of the molecule is Cc1nc(-c2ccc(NC(=O)N(C)Cc3cnn(C)c3)cc2)co1. The fraction of sp³-hybridized carbons (Fsp3) is 0.235. The van der Waals surface area contributed by atoms with E-state index in [1.807, 2.05) is 37.5 Å². The highest BCUT2D eigenvalue weighted by Crippen LogP contribution is 2.21. The number of hydrogen-bond donors (Lipinski definition) is 1. The van der Waals surface area contributed by atoms with E-state index >= 15 is 0 Å². The van der Waals surface area contributed by atoms with E-state index < -0.39 is 0 Å². The first-order valence-electron chi connectivity index (χ1n) is 7.53. The Morgan fingerprint density at radius 1 is 1.33 bits per heavy atom. The maximum atomic E-state index is 12.2. The number of nitrogens with zero attached hydrogens (tertiary/aromatic N) is 4. The number of benzene rings is 1. The summed E-state index contributed by atoms with van der Waals surface area (Å²) in [7, 11) is 3.59. The number of rotatable bonds is 4. The standard InChI is InChI=1S/C17H19N5O2/c1-12-19-16(11-24-12)14-4-6-15(7-5-14)20-17(23)21(2)9-13-8-18-22(3)10-13/h4-8,10-11H,9H2,1-3H3,(H,20,23). The second-order valence-corrected chi connectivity index (χ2v) is 5.64. The van der Waals surface area contributed by atoms with E-state index in [-0.39, 0.29) is 6.03 Å². The smallest absolute Gasteiger partial charge is 0.321 e. The number of urea groups is 1. The first kappa shape index (κ1) is 15.8. The van der Waals surface area contributed by atoms with Gasteiger partial charge in [0.05, 0.1) is 12.7 Å². The Bertz CT molecular complexity index is 835. The van der Waals surface area contributed by atoms with Crippen molar-refractivity contribution in [3.63, 3.8) is 0 Å². The molecular formula is C17H19N5O2. The van der Waals surface area contributed by atoms with Crippen LogP contribution in [0.4, 0.5) is 10.5 Å². The van der Waals surface area contributed by atoms with Gasteiger partial charge in [0.25, 0.3) is 0 Å². The number of oxazole rings is 1. The van der Waals surface area contributed by atoms with Crippen molar-refractivity contribution in [2.45, 2.75) is 13.5 Å². The van der Waals surface area contributed by atoms with Crippen LogP contribution in [0.2, 0.25) is 0 Å². The summed E-state index contributed by atoms with van der Waals surface area (Å²) in [5.41, 5.74) is 3.42. The maximum Gasteiger partial charge on any atom is 0.321 e. The topological polar surface area (TPSA) is 76.2 Å². The minimum atomic E-state index is -0.177. The first-order chi connectivity index (χ1) is 11.5. The highest BCUT2D eigenvalue weighted by atomic mass is 16.3. The fourth-order valence-electron chi connectivity index (χ4n) is 2.34. The summed E-state index contributed by atoms with van der Waals surface area (Å²) in [6, 6.07) is 7.30. The third-order valence-corrected chi connectivity index (χ3v) is 3.58. The van der Waals surface area contributed by atoms with Gasteiger partial charge in [-0.05, 0) is 12.1 Å². The Balaban J connectivity index is 1.61. The molecule has 1 N–H and O–H groups in total. The molecule has 3 aromatic rings. The molecule has 124 valence electrons. The van der Waals surface area contributed by atoms with Gasteiger partial charge in [0.15, 0.2) is 5.89 Å². The lowest BCUT2D eigenvalue weighted by Gasteiger charge is -2.17. The number of nitrogens with one attached hydrogen (secondary N) is 1. The van der Waals surface area contributed by atoms with Gasteiger partial charge in [0, 0.05) is 44.0 Å². The molecule has 2 amide bonds. The van der Waals surface area contributed by atoms with Gasteiger partial charge in [0.2, 0.25) is 0 Å². The van der Waals surface area contributed by atoms with Crippen molar-refractivity contribution < 1.29 is 9.21 Å². The monoisotopic (exact) mass is 325 g/mol. The molecule has 0 aliphatic heterocycles. The summed E-state index contributed by atoms with van der Waals surface area (Å²) in [5, 5.41) is 6.97. The minimum absolute atomic E-state index is 0.177. The van der Waals surface area contributed by atoms with Gasteiger partial charge >= 0.3 is 6.03 Å². The van der Waals surface area contributed by atoms with E-state index in [1.54, 1.807) is 36.0 Å². The summed E-state index contributed by atoms with van der Waals surface area (Å²) >= 11 is 0. The van der Waals surface area contributed by atoms with Crippen LogP contribution >= 0.6 is 0 Å². The van der Waals surface area contributed by atoms with E-state index in [2.05, 4.69) is 15.4 Å². The number of carbonyl (C=O) groups is 1. The zero-order valence-corrected chi connectivity index (χ0v) is 13.9. The molecule has 0 aliphatic carbocycles. The third-order valence-electron chi connectivity index (χ3n) is 3.58. The van der Waals surface area contributed by atoms with E-state index in [0.717, 1.165) is 22.5 Å². The fourth-order valence-corrected chi connectivity index (χ4v) is 2.34. The molecule has 0 aliphatic rings. The highest BCUT2D eigenvalue weighted by Gasteiger charge is 2.11. The molecule has 2 aromatic heterocycles. The average molecular weight is 325 g/mol. The zero-order chi connectivity index (χ0) is 17.1. The van der Waals surface area contributed by atoms with Crippen molar-refractivity contribution in [3.05, 3.63) is 54.4 Å². The van der Waals surface area contributed by atoms with Crippen LogP contribution in [0.25, 0.3) is 11.3 Å². The van der Waals surface area contributed by atoms with Crippen LogP contribution in [0.1, 0.15) is 11.5 Å². The molecule has 24 heavy (non-hydrogen) atoms. The average Bonchev–Trinajstić information content (AvgIpc) is 3.16. The molecule has 0 atom stereocenters. The van der Waals surface area contributed by atoms with Gasteiger partial charge in [-0.1, -0.05) is 12.1 Å². The number of carbonyl (C=O) groups excluding carboxylic acids is 1. The van der Waals surface area contributed by atoms with Gasteiger partial charge in [-0.15, -0.1) is 0 Å². The molecule has 0 bridgehead atoms. The predicted molar refractivity (Wildman–Crippen MR) is 90.4 cm³/mol. The van der Waals surface area contributed by atoms with Crippen molar-refractivity contribution >= 4 is 11.7 Å². The molecule has 3 rings (SSSR count). The van der Waals surface area contributed by atoms with E-state index in [1.165, 1.54) is 0 Å². The summed E-state index contributed by atoms with van der Waals surface area (Å²) in [6.07, 6.45) is 5.25. The maximum absolute atomic E-state index is 12.2. The number of anilines is 1. The zero-order valence-electron chi connectivity index (χ0n) is 13.9. The Kier molecular flexibility index (Phi) is 4.33. The lowest BCUT2D eigenvalue weighted by molar-refractivity contribution is 0.220. The van der Waals surface area contributed by atoms with Crippen LogP contribution < -0.4 is 5.32 Å². The Labute approximate surface area is 139 Å². The molecule has 1 aromatic carbocycles. The minimum Gasteiger partial charge on any atom is -0.449 e. The summed E-state index contributed by atoms with van der Waals surface area (Å²) in [4.78, 5) is 18.1. The number of aromatic nitrogens is 3. The van der Waals surface area contributed by atoms with Crippen molar-refractivity contribution in [1.29, 1.82) is 0 Å². The molecule has 0 saturated carbocycles. The largest absolute Gasteiger partial charge is 0.449 e. The lowest BCUT2D eigenvalue weighted by atomic mass is 10.1. The molecule has 7 nitrogen and oxygen atoms in total. The van der Waals surface area contributed by atoms with Crippen LogP contribution in [0.5, 0.6) is 0 Å². The lowest BCUT2D eigenvalue weighted by Crippen LogP contribution is -2.30. The van der Waals surface area contributed by atoms with Crippen molar-refractivity contribution in [3.8, 4) is 11.3 Å². The Morgan fingerprint density at radius 3 is 2.67 bits per heavy atom. The molecule has 0 unspecified atom stereocenters. The van der Waals surface area contributed by atoms with Gasteiger partial charge in [-0.2, -0.15) is 5.10 Å².